The summed E-state index contributed by atoms with van der Waals surface area (Å²) in [5, 5.41) is 8.68. The van der Waals surface area contributed by atoms with Crippen LogP contribution in [0.25, 0.3) is 0 Å². The number of likely N-dealkylation sites (N-methyl/N-ethyl adjacent to an activating group) is 1. The van der Waals surface area contributed by atoms with E-state index in [0.717, 1.165) is 10.4 Å². The Kier molecular flexibility index (Phi) is 4.01. The summed E-state index contributed by atoms with van der Waals surface area (Å²) in [6, 6.07) is 3.62. The summed E-state index contributed by atoms with van der Waals surface area (Å²) in [5.41, 5.74) is 0.538. The van der Waals surface area contributed by atoms with Crippen LogP contribution in [0.3, 0.4) is 0 Å². The van der Waals surface area contributed by atoms with Gasteiger partial charge in [0.15, 0.2) is 0 Å². The van der Waals surface area contributed by atoms with Crippen molar-refractivity contribution in [2.45, 2.75) is 11.8 Å². The van der Waals surface area contributed by atoms with Crippen LogP contribution in [0.15, 0.2) is 23.1 Å². The van der Waals surface area contributed by atoms with Crippen molar-refractivity contribution in [3.63, 3.8) is 0 Å². The zero-order valence-corrected chi connectivity index (χ0v) is 9.96. The smallest absolute Gasteiger partial charge is 0.243 e. The van der Waals surface area contributed by atoms with E-state index in [1.807, 2.05) is 0 Å². The van der Waals surface area contributed by atoms with E-state index in [2.05, 4.69) is 0 Å². The maximum Gasteiger partial charge on any atom is 0.243 e. The van der Waals surface area contributed by atoms with Gasteiger partial charge in [0.1, 0.15) is 5.82 Å². The van der Waals surface area contributed by atoms with E-state index in [1.54, 1.807) is 6.92 Å². The number of benzene rings is 1. The molecule has 16 heavy (non-hydrogen) atoms. The number of aryl methyl sites for hydroxylation is 1. The predicted molar refractivity (Wildman–Crippen MR) is 58.0 cm³/mol. The van der Waals surface area contributed by atoms with Gasteiger partial charge in [-0.3, -0.25) is 0 Å². The molecule has 0 saturated heterocycles. The number of hydrogen-bond acceptors (Lipinski definition) is 3. The van der Waals surface area contributed by atoms with Gasteiger partial charge in [-0.05, 0) is 30.7 Å². The third-order valence-corrected chi connectivity index (χ3v) is 3.97. The molecule has 0 bridgehead atoms. The summed E-state index contributed by atoms with van der Waals surface area (Å²) >= 11 is 0. The summed E-state index contributed by atoms with van der Waals surface area (Å²) in [4.78, 5) is -0.0963. The fraction of sp³-hybridized carbons (Fsp3) is 0.400. The molecule has 4 nitrogen and oxygen atoms in total. The van der Waals surface area contributed by atoms with Gasteiger partial charge in [-0.2, -0.15) is 4.31 Å². The molecule has 0 amide bonds. The third-order valence-electron chi connectivity index (χ3n) is 2.14. The molecule has 0 saturated carbocycles. The van der Waals surface area contributed by atoms with Gasteiger partial charge >= 0.3 is 0 Å². The number of rotatable bonds is 4. The molecule has 0 aliphatic heterocycles. The molecule has 0 unspecified atom stereocenters. The second-order valence-electron chi connectivity index (χ2n) is 3.51. The Labute approximate surface area is 94.4 Å². The van der Waals surface area contributed by atoms with Crippen molar-refractivity contribution < 1.29 is 17.9 Å². The Balaban J connectivity index is 3.16. The zero-order chi connectivity index (χ0) is 12.3. The van der Waals surface area contributed by atoms with E-state index in [4.69, 9.17) is 5.11 Å². The minimum atomic E-state index is -3.71. The van der Waals surface area contributed by atoms with E-state index in [9.17, 15) is 12.8 Å². The molecule has 0 heterocycles. The Morgan fingerprint density at radius 2 is 2.00 bits per heavy atom. The van der Waals surface area contributed by atoms with Crippen molar-refractivity contribution in [1.29, 1.82) is 0 Å². The molecule has 0 atom stereocenters. The highest BCUT2D eigenvalue weighted by Crippen LogP contribution is 2.17. The number of aliphatic hydroxyl groups is 1. The number of nitrogens with zero attached hydrogens (tertiary/aromatic N) is 1. The molecule has 0 aromatic heterocycles. The van der Waals surface area contributed by atoms with Crippen molar-refractivity contribution in [2.75, 3.05) is 20.2 Å². The number of aliphatic hydroxyl groups excluding tert-OH is 1. The van der Waals surface area contributed by atoms with Crippen molar-refractivity contribution >= 4 is 10.0 Å². The lowest BCUT2D eigenvalue weighted by molar-refractivity contribution is 0.266. The third kappa shape index (κ3) is 2.78. The van der Waals surface area contributed by atoms with E-state index >= 15 is 0 Å². The van der Waals surface area contributed by atoms with Crippen LogP contribution < -0.4 is 0 Å². The van der Waals surface area contributed by atoms with Crippen LogP contribution in [0, 0.1) is 12.7 Å². The first-order valence-electron chi connectivity index (χ1n) is 4.72. The monoisotopic (exact) mass is 247 g/mol. The van der Waals surface area contributed by atoms with Gasteiger partial charge in [-0.25, -0.2) is 12.8 Å². The topological polar surface area (TPSA) is 57.6 Å². The Morgan fingerprint density at radius 1 is 1.38 bits per heavy atom. The maximum absolute atomic E-state index is 13.1. The SMILES string of the molecule is Cc1cc(F)cc(S(=O)(=O)N(C)CCO)c1. The molecule has 1 rings (SSSR count). The molecular weight excluding hydrogens is 233 g/mol. The van der Waals surface area contributed by atoms with Crippen LogP contribution in [0.1, 0.15) is 5.56 Å². The molecule has 1 N–H and O–H groups in total. The average Bonchev–Trinajstić information content (AvgIpc) is 2.16. The fourth-order valence-electron chi connectivity index (χ4n) is 1.29. The molecule has 0 fully saturated rings. The Bertz CT molecular complexity index is 453. The van der Waals surface area contributed by atoms with Crippen LogP contribution in [-0.2, 0) is 10.0 Å². The largest absolute Gasteiger partial charge is 0.395 e. The lowest BCUT2D eigenvalue weighted by Crippen LogP contribution is -2.29. The predicted octanol–water partition coefficient (Wildman–Crippen LogP) is 0.747. The number of halogens is 1. The second-order valence-corrected chi connectivity index (χ2v) is 5.56. The van der Waals surface area contributed by atoms with Gasteiger partial charge in [0.25, 0.3) is 0 Å². The minimum absolute atomic E-state index is 0.0160. The summed E-state index contributed by atoms with van der Waals surface area (Å²) in [7, 11) is -2.37. The molecule has 6 heteroatoms. The molecular formula is C10H14FNO3S. The highest BCUT2D eigenvalue weighted by atomic mass is 32.2. The van der Waals surface area contributed by atoms with Crippen LogP contribution in [0.2, 0.25) is 0 Å². The zero-order valence-electron chi connectivity index (χ0n) is 9.14. The van der Waals surface area contributed by atoms with Crippen molar-refractivity contribution in [2.24, 2.45) is 0 Å². The van der Waals surface area contributed by atoms with Gasteiger partial charge in [0, 0.05) is 13.6 Å². The Hall–Kier alpha value is -0.980. The molecule has 1 aromatic carbocycles. The van der Waals surface area contributed by atoms with Crippen molar-refractivity contribution in [3.8, 4) is 0 Å². The maximum atomic E-state index is 13.1. The normalized spacial score (nSPS) is 12.1. The summed E-state index contributed by atoms with van der Waals surface area (Å²) in [6.07, 6.45) is 0. The lowest BCUT2D eigenvalue weighted by atomic mass is 10.2. The van der Waals surface area contributed by atoms with Crippen LogP contribution in [-0.4, -0.2) is 38.0 Å². The quantitative estimate of drug-likeness (QED) is 0.854. The fourth-order valence-corrected chi connectivity index (χ4v) is 2.57. The molecule has 0 radical (unpaired) electrons. The number of sulfonamides is 1. The van der Waals surface area contributed by atoms with Gasteiger partial charge in [-0.15, -0.1) is 0 Å². The molecule has 1 aromatic rings. The first-order chi connectivity index (χ1) is 7.37. The summed E-state index contributed by atoms with van der Waals surface area (Å²) in [5.74, 6) is -0.587. The van der Waals surface area contributed by atoms with Gasteiger partial charge < -0.3 is 5.11 Å². The van der Waals surface area contributed by atoms with Gasteiger partial charge in [0.05, 0.1) is 11.5 Å². The highest BCUT2D eigenvalue weighted by molar-refractivity contribution is 7.89. The minimum Gasteiger partial charge on any atom is -0.395 e. The van der Waals surface area contributed by atoms with Crippen LogP contribution in [0.4, 0.5) is 4.39 Å². The van der Waals surface area contributed by atoms with Crippen molar-refractivity contribution in [1.82, 2.24) is 4.31 Å². The lowest BCUT2D eigenvalue weighted by Gasteiger charge is -2.16. The van der Waals surface area contributed by atoms with Crippen LogP contribution in [0.5, 0.6) is 0 Å². The molecule has 0 aliphatic rings. The molecule has 0 spiro atoms. The summed E-state index contributed by atoms with van der Waals surface area (Å²) in [6.45, 7) is 1.33. The van der Waals surface area contributed by atoms with Crippen molar-refractivity contribution in [3.05, 3.63) is 29.6 Å². The molecule has 90 valence electrons. The first kappa shape index (κ1) is 13.1. The van der Waals surface area contributed by atoms with E-state index in [0.29, 0.717) is 5.56 Å². The Morgan fingerprint density at radius 3 is 2.50 bits per heavy atom. The van der Waals surface area contributed by atoms with Crippen LogP contribution >= 0.6 is 0 Å². The van der Waals surface area contributed by atoms with E-state index in [1.165, 1.54) is 19.2 Å². The van der Waals surface area contributed by atoms with E-state index < -0.39 is 15.8 Å². The highest BCUT2D eigenvalue weighted by Gasteiger charge is 2.20. The van der Waals surface area contributed by atoms with Gasteiger partial charge in [-0.1, -0.05) is 0 Å². The summed E-state index contributed by atoms with van der Waals surface area (Å²) < 4.78 is 37.8. The standard InChI is InChI=1S/C10H14FNO3S/c1-8-5-9(11)7-10(6-8)16(14,15)12(2)3-4-13/h5-7,13H,3-4H2,1-2H3. The average molecular weight is 247 g/mol. The molecule has 0 aliphatic carbocycles. The first-order valence-corrected chi connectivity index (χ1v) is 6.16. The number of hydrogen-bond donors (Lipinski definition) is 1. The van der Waals surface area contributed by atoms with Gasteiger partial charge in [0.2, 0.25) is 10.0 Å². The second kappa shape index (κ2) is 4.90. The van der Waals surface area contributed by atoms with E-state index in [-0.39, 0.29) is 18.0 Å².